The van der Waals surface area contributed by atoms with Gasteiger partial charge in [-0.1, -0.05) is 35.3 Å². The fourth-order valence-corrected chi connectivity index (χ4v) is 2.51. The summed E-state index contributed by atoms with van der Waals surface area (Å²) in [7, 11) is 4.05. The molecule has 3 nitrogen and oxygen atoms in total. The average Bonchev–Trinajstić information content (AvgIpc) is 2.44. The van der Waals surface area contributed by atoms with E-state index in [-0.39, 0.29) is 6.04 Å². The van der Waals surface area contributed by atoms with Crippen LogP contribution < -0.4 is 5.32 Å². The second-order valence-corrected chi connectivity index (χ2v) is 5.56. The van der Waals surface area contributed by atoms with Crippen molar-refractivity contribution in [1.29, 1.82) is 0 Å². The molecule has 1 aromatic rings. The number of halogens is 2. The first-order chi connectivity index (χ1) is 9.60. The highest BCUT2D eigenvalue weighted by Crippen LogP contribution is 2.31. The fraction of sp³-hybridized carbons (Fsp3) is 0.600. The summed E-state index contributed by atoms with van der Waals surface area (Å²) < 4.78 is 5.36. The normalized spacial score (nSPS) is 12.9. The van der Waals surface area contributed by atoms with Gasteiger partial charge in [-0.05, 0) is 45.6 Å². The summed E-state index contributed by atoms with van der Waals surface area (Å²) >= 11 is 12.4. The highest BCUT2D eigenvalue weighted by Gasteiger charge is 2.15. The first-order valence-corrected chi connectivity index (χ1v) is 7.73. The third-order valence-electron chi connectivity index (χ3n) is 3.33. The second kappa shape index (κ2) is 9.59. The van der Waals surface area contributed by atoms with E-state index in [1.165, 1.54) is 0 Å². The number of rotatable bonds is 9. The summed E-state index contributed by atoms with van der Waals surface area (Å²) in [5.41, 5.74) is 1.06. The Morgan fingerprint density at radius 3 is 2.70 bits per heavy atom. The molecule has 0 spiro atoms. The van der Waals surface area contributed by atoms with Crippen molar-refractivity contribution in [3.63, 3.8) is 0 Å². The molecule has 1 rings (SSSR count). The maximum Gasteiger partial charge on any atom is 0.0640 e. The first-order valence-electron chi connectivity index (χ1n) is 6.97. The monoisotopic (exact) mass is 318 g/mol. The van der Waals surface area contributed by atoms with Gasteiger partial charge in [0.2, 0.25) is 0 Å². The number of ether oxygens (including phenoxy) is 1. The zero-order valence-electron chi connectivity index (χ0n) is 12.5. The standard InChI is InChI=1S/C15H24Cl2N2O/c1-4-20-11-10-19(3)9-8-14(18-2)12-6-5-7-13(16)15(12)17/h5-7,14,18H,4,8-11H2,1-3H3. The Labute approximate surface area is 132 Å². The van der Waals surface area contributed by atoms with Crippen LogP contribution in [0.1, 0.15) is 24.9 Å². The summed E-state index contributed by atoms with van der Waals surface area (Å²) in [5.74, 6) is 0. The molecule has 1 aromatic carbocycles. The molecule has 0 radical (unpaired) electrons. The summed E-state index contributed by atoms with van der Waals surface area (Å²) in [6, 6.07) is 5.98. The van der Waals surface area contributed by atoms with Gasteiger partial charge in [0.25, 0.3) is 0 Å². The molecule has 0 saturated carbocycles. The lowest BCUT2D eigenvalue weighted by Gasteiger charge is -2.22. The lowest BCUT2D eigenvalue weighted by atomic mass is 10.0. The molecule has 0 aliphatic heterocycles. The summed E-state index contributed by atoms with van der Waals surface area (Å²) in [6.07, 6.45) is 0.971. The van der Waals surface area contributed by atoms with Crippen molar-refractivity contribution in [2.75, 3.05) is 40.4 Å². The Kier molecular flexibility index (Phi) is 8.50. The number of hydrogen-bond acceptors (Lipinski definition) is 3. The van der Waals surface area contributed by atoms with E-state index in [2.05, 4.69) is 17.3 Å². The van der Waals surface area contributed by atoms with E-state index >= 15 is 0 Å². The predicted octanol–water partition coefficient (Wildman–Crippen LogP) is 3.61. The highest BCUT2D eigenvalue weighted by molar-refractivity contribution is 6.42. The molecule has 0 aromatic heterocycles. The molecule has 0 amide bonds. The predicted molar refractivity (Wildman–Crippen MR) is 86.9 cm³/mol. The van der Waals surface area contributed by atoms with Crippen LogP contribution in [0.4, 0.5) is 0 Å². The van der Waals surface area contributed by atoms with Crippen molar-refractivity contribution in [1.82, 2.24) is 10.2 Å². The lowest BCUT2D eigenvalue weighted by molar-refractivity contribution is 0.121. The van der Waals surface area contributed by atoms with Crippen LogP contribution in [0.5, 0.6) is 0 Å². The number of benzene rings is 1. The smallest absolute Gasteiger partial charge is 0.0640 e. The zero-order valence-corrected chi connectivity index (χ0v) is 14.0. The van der Waals surface area contributed by atoms with Crippen molar-refractivity contribution >= 4 is 23.2 Å². The van der Waals surface area contributed by atoms with E-state index in [1.54, 1.807) is 0 Å². The zero-order chi connectivity index (χ0) is 15.0. The van der Waals surface area contributed by atoms with Gasteiger partial charge in [0.1, 0.15) is 0 Å². The van der Waals surface area contributed by atoms with Crippen LogP contribution in [0, 0.1) is 0 Å². The fourth-order valence-electron chi connectivity index (χ4n) is 2.07. The molecule has 20 heavy (non-hydrogen) atoms. The van der Waals surface area contributed by atoms with E-state index in [0.717, 1.165) is 38.3 Å². The van der Waals surface area contributed by atoms with Crippen LogP contribution in [0.2, 0.25) is 10.0 Å². The summed E-state index contributed by atoms with van der Waals surface area (Å²) in [6.45, 7) is 5.47. The van der Waals surface area contributed by atoms with Gasteiger partial charge < -0.3 is 15.0 Å². The molecule has 1 unspecified atom stereocenters. The van der Waals surface area contributed by atoms with Crippen LogP contribution in [0.25, 0.3) is 0 Å². The Bertz CT molecular complexity index is 401. The Morgan fingerprint density at radius 1 is 1.30 bits per heavy atom. The molecule has 5 heteroatoms. The molecular weight excluding hydrogens is 295 g/mol. The lowest BCUT2D eigenvalue weighted by Crippen LogP contribution is -2.28. The van der Waals surface area contributed by atoms with Crippen molar-refractivity contribution in [3.05, 3.63) is 33.8 Å². The maximum absolute atomic E-state index is 6.28. The average molecular weight is 319 g/mol. The van der Waals surface area contributed by atoms with Crippen molar-refractivity contribution in [2.45, 2.75) is 19.4 Å². The Hall–Kier alpha value is -0.320. The Balaban J connectivity index is 2.53. The van der Waals surface area contributed by atoms with Gasteiger partial charge in [-0.15, -0.1) is 0 Å². The van der Waals surface area contributed by atoms with Gasteiger partial charge in [0.05, 0.1) is 16.7 Å². The van der Waals surface area contributed by atoms with Gasteiger partial charge in [0, 0.05) is 19.2 Å². The molecule has 0 saturated heterocycles. The molecule has 0 aliphatic carbocycles. The van der Waals surface area contributed by atoms with Gasteiger partial charge in [0.15, 0.2) is 0 Å². The number of hydrogen-bond donors (Lipinski definition) is 1. The van der Waals surface area contributed by atoms with Crippen molar-refractivity contribution in [3.8, 4) is 0 Å². The van der Waals surface area contributed by atoms with Gasteiger partial charge >= 0.3 is 0 Å². The van der Waals surface area contributed by atoms with Gasteiger partial charge in [-0.2, -0.15) is 0 Å². The van der Waals surface area contributed by atoms with Crippen LogP contribution in [0.15, 0.2) is 18.2 Å². The highest BCUT2D eigenvalue weighted by atomic mass is 35.5. The molecular formula is C15H24Cl2N2O. The van der Waals surface area contributed by atoms with Crippen molar-refractivity contribution in [2.24, 2.45) is 0 Å². The number of nitrogens with one attached hydrogen (secondary N) is 1. The van der Waals surface area contributed by atoms with Gasteiger partial charge in [-0.25, -0.2) is 0 Å². The molecule has 1 N–H and O–H groups in total. The summed E-state index contributed by atoms with van der Waals surface area (Å²) in [5, 5.41) is 4.56. The van der Waals surface area contributed by atoms with E-state index < -0.39 is 0 Å². The number of nitrogens with zero attached hydrogens (tertiary/aromatic N) is 1. The van der Waals surface area contributed by atoms with Crippen LogP contribution in [0.3, 0.4) is 0 Å². The van der Waals surface area contributed by atoms with E-state index in [0.29, 0.717) is 10.0 Å². The topological polar surface area (TPSA) is 24.5 Å². The largest absolute Gasteiger partial charge is 0.380 e. The molecule has 114 valence electrons. The van der Waals surface area contributed by atoms with Crippen molar-refractivity contribution < 1.29 is 4.74 Å². The SMILES string of the molecule is CCOCCN(C)CCC(NC)c1cccc(Cl)c1Cl. The minimum Gasteiger partial charge on any atom is -0.380 e. The third kappa shape index (κ3) is 5.58. The second-order valence-electron chi connectivity index (χ2n) is 4.77. The van der Waals surface area contributed by atoms with E-state index in [1.807, 2.05) is 32.2 Å². The number of likely N-dealkylation sites (N-methyl/N-ethyl adjacent to an activating group) is 1. The van der Waals surface area contributed by atoms with Crippen LogP contribution in [-0.2, 0) is 4.74 Å². The van der Waals surface area contributed by atoms with E-state index in [4.69, 9.17) is 27.9 Å². The molecule has 0 heterocycles. The Morgan fingerprint density at radius 2 is 2.05 bits per heavy atom. The van der Waals surface area contributed by atoms with E-state index in [9.17, 15) is 0 Å². The molecule has 0 fully saturated rings. The van der Waals surface area contributed by atoms with Gasteiger partial charge in [-0.3, -0.25) is 0 Å². The minimum absolute atomic E-state index is 0.204. The van der Waals surface area contributed by atoms with Crippen LogP contribution in [-0.4, -0.2) is 45.3 Å². The quantitative estimate of drug-likeness (QED) is 0.704. The summed E-state index contributed by atoms with van der Waals surface area (Å²) in [4.78, 5) is 2.26. The third-order valence-corrected chi connectivity index (χ3v) is 4.16. The minimum atomic E-state index is 0.204. The molecule has 0 aliphatic rings. The first kappa shape index (κ1) is 17.7. The van der Waals surface area contributed by atoms with Crippen LogP contribution >= 0.6 is 23.2 Å². The maximum atomic E-state index is 6.28. The molecule has 1 atom stereocenters. The molecule has 0 bridgehead atoms.